The lowest BCUT2D eigenvalue weighted by Crippen LogP contribution is -2.53. The van der Waals surface area contributed by atoms with E-state index in [0.717, 1.165) is 69.9 Å². The van der Waals surface area contributed by atoms with Gasteiger partial charge in [0.2, 0.25) is 0 Å². The molecule has 1 saturated carbocycles. The number of hydrogen-bond acceptors (Lipinski definition) is 4. The van der Waals surface area contributed by atoms with Crippen molar-refractivity contribution < 1.29 is 14.3 Å². The predicted molar refractivity (Wildman–Crippen MR) is 104 cm³/mol. The fraction of sp³-hybridized carbons (Fsp3) is 0.667. The zero-order valence-corrected chi connectivity index (χ0v) is 16.3. The van der Waals surface area contributed by atoms with E-state index < -0.39 is 0 Å². The highest BCUT2D eigenvalue weighted by molar-refractivity contribution is 5.75. The number of para-hydroxylation sites is 1. The van der Waals surface area contributed by atoms with Crippen molar-refractivity contribution in [1.29, 1.82) is 0 Å². The maximum absolute atomic E-state index is 12.9. The van der Waals surface area contributed by atoms with Crippen LogP contribution in [0.25, 0.3) is 0 Å². The van der Waals surface area contributed by atoms with Crippen LogP contribution in [0.5, 0.6) is 5.75 Å². The molecule has 1 aromatic carbocycles. The lowest BCUT2D eigenvalue weighted by molar-refractivity contribution is 0.0368. The summed E-state index contributed by atoms with van der Waals surface area (Å²) in [6, 6.07) is 8.27. The highest BCUT2D eigenvalue weighted by Gasteiger charge is 2.43. The van der Waals surface area contributed by atoms with Crippen LogP contribution in [0.2, 0.25) is 0 Å². The SMILES string of the molecule is COCCN1CCN(C(=O)NC2CC3(CCCC3)Oc3ccccc32)CC1. The molecule has 1 atom stereocenters. The van der Waals surface area contributed by atoms with Crippen LogP contribution in [0, 0.1) is 0 Å². The summed E-state index contributed by atoms with van der Waals surface area (Å²) in [6.07, 6.45) is 5.49. The van der Waals surface area contributed by atoms with Gasteiger partial charge in [-0.3, -0.25) is 4.90 Å². The maximum atomic E-state index is 12.9. The molecule has 0 radical (unpaired) electrons. The molecule has 27 heavy (non-hydrogen) atoms. The van der Waals surface area contributed by atoms with Gasteiger partial charge in [0.15, 0.2) is 0 Å². The summed E-state index contributed by atoms with van der Waals surface area (Å²) in [5.74, 6) is 0.945. The maximum Gasteiger partial charge on any atom is 0.317 e. The number of nitrogens with one attached hydrogen (secondary N) is 1. The average molecular weight is 373 g/mol. The number of rotatable bonds is 4. The predicted octanol–water partition coefficient (Wildman–Crippen LogP) is 2.80. The Hall–Kier alpha value is -1.79. The van der Waals surface area contributed by atoms with E-state index in [1.165, 1.54) is 12.8 Å². The average Bonchev–Trinajstić information content (AvgIpc) is 3.14. The van der Waals surface area contributed by atoms with Crippen LogP contribution < -0.4 is 10.1 Å². The van der Waals surface area contributed by atoms with Gasteiger partial charge in [-0.05, 0) is 31.7 Å². The van der Waals surface area contributed by atoms with Gasteiger partial charge in [-0.15, -0.1) is 0 Å². The summed E-state index contributed by atoms with van der Waals surface area (Å²) in [4.78, 5) is 17.2. The van der Waals surface area contributed by atoms with Crippen LogP contribution in [0.4, 0.5) is 4.79 Å². The minimum absolute atomic E-state index is 0.0343. The first-order chi connectivity index (χ1) is 13.2. The third-order valence-electron chi connectivity index (χ3n) is 6.28. The van der Waals surface area contributed by atoms with Gasteiger partial charge in [0.1, 0.15) is 11.4 Å². The highest BCUT2D eigenvalue weighted by Crippen LogP contribution is 2.47. The number of benzene rings is 1. The summed E-state index contributed by atoms with van der Waals surface area (Å²) < 4.78 is 11.6. The second-order valence-corrected chi connectivity index (χ2v) is 8.06. The smallest absolute Gasteiger partial charge is 0.317 e. The normalized spacial score (nSPS) is 24.5. The number of nitrogens with zero attached hydrogens (tertiary/aromatic N) is 2. The molecule has 1 saturated heterocycles. The van der Waals surface area contributed by atoms with Crippen molar-refractivity contribution in [2.75, 3.05) is 46.4 Å². The van der Waals surface area contributed by atoms with Crippen molar-refractivity contribution in [3.8, 4) is 5.75 Å². The molecule has 2 amide bonds. The van der Waals surface area contributed by atoms with Gasteiger partial charge in [-0.2, -0.15) is 0 Å². The molecule has 6 heteroatoms. The number of methoxy groups -OCH3 is 1. The number of fused-ring (bicyclic) bond motifs is 1. The molecule has 1 unspecified atom stereocenters. The number of carbonyl (C=O) groups excluding carboxylic acids is 1. The second kappa shape index (κ2) is 8.07. The topological polar surface area (TPSA) is 54.0 Å². The number of carbonyl (C=O) groups is 1. The second-order valence-electron chi connectivity index (χ2n) is 8.06. The van der Waals surface area contributed by atoms with E-state index >= 15 is 0 Å². The van der Waals surface area contributed by atoms with E-state index in [1.54, 1.807) is 7.11 Å². The van der Waals surface area contributed by atoms with Gasteiger partial charge in [0.25, 0.3) is 0 Å². The number of amides is 2. The molecule has 4 rings (SSSR count). The fourth-order valence-corrected chi connectivity index (χ4v) is 4.71. The monoisotopic (exact) mass is 373 g/mol. The van der Waals surface area contributed by atoms with E-state index in [2.05, 4.69) is 16.3 Å². The molecule has 1 N–H and O–H groups in total. The van der Waals surface area contributed by atoms with Crippen molar-refractivity contribution in [1.82, 2.24) is 15.1 Å². The summed E-state index contributed by atoms with van der Waals surface area (Å²) in [5, 5.41) is 3.32. The highest BCUT2D eigenvalue weighted by atomic mass is 16.5. The van der Waals surface area contributed by atoms with Crippen molar-refractivity contribution in [2.45, 2.75) is 43.7 Å². The minimum Gasteiger partial charge on any atom is -0.487 e. The first kappa shape index (κ1) is 18.6. The molecule has 1 aromatic rings. The molecule has 3 aliphatic rings. The zero-order valence-electron chi connectivity index (χ0n) is 16.3. The van der Waals surface area contributed by atoms with Crippen LogP contribution in [0.3, 0.4) is 0 Å². The fourth-order valence-electron chi connectivity index (χ4n) is 4.71. The number of ether oxygens (including phenoxy) is 2. The molecule has 148 valence electrons. The Morgan fingerprint density at radius 3 is 2.70 bits per heavy atom. The van der Waals surface area contributed by atoms with Gasteiger partial charge in [0, 0.05) is 51.8 Å². The largest absolute Gasteiger partial charge is 0.487 e. The van der Waals surface area contributed by atoms with Crippen molar-refractivity contribution in [2.24, 2.45) is 0 Å². The standard InChI is InChI=1S/C21H31N3O3/c1-26-15-14-23-10-12-24(13-11-23)20(25)22-18-16-21(8-4-5-9-21)27-19-7-3-2-6-17(18)19/h2-3,6-7,18H,4-5,8-16H2,1H3,(H,22,25). The number of piperazine rings is 1. The van der Waals surface area contributed by atoms with E-state index in [4.69, 9.17) is 9.47 Å². The molecular weight excluding hydrogens is 342 g/mol. The lowest BCUT2D eigenvalue weighted by Gasteiger charge is -2.41. The molecular formula is C21H31N3O3. The van der Waals surface area contributed by atoms with Gasteiger partial charge in [-0.1, -0.05) is 18.2 Å². The Morgan fingerprint density at radius 1 is 1.22 bits per heavy atom. The Morgan fingerprint density at radius 2 is 1.96 bits per heavy atom. The third kappa shape index (κ3) is 4.06. The van der Waals surface area contributed by atoms with Crippen LogP contribution in [-0.4, -0.2) is 67.9 Å². The van der Waals surface area contributed by atoms with E-state index in [-0.39, 0.29) is 17.7 Å². The quantitative estimate of drug-likeness (QED) is 0.882. The van der Waals surface area contributed by atoms with E-state index in [9.17, 15) is 4.79 Å². The first-order valence-electron chi connectivity index (χ1n) is 10.2. The lowest BCUT2D eigenvalue weighted by atomic mass is 9.86. The molecule has 0 aromatic heterocycles. The summed E-state index contributed by atoms with van der Waals surface area (Å²) in [6.45, 7) is 5.03. The minimum atomic E-state index is -0.0921. The summed E-state index contributed by atoms with van der Waals surface area (Å²) in [5.41, 5.74) is 1.02. The molecule has 2 aliphatic heterocycles. The summed E-state index contributed by atoms with van der Waals surface area (Å²) in [7, 11) is 1.73. The van der Waals surface area contributed by atoms with Crippen LogP contribution >= 0.6 is 0 Å². The van der Waals surface area contributed by atoms with Crippen LogP contribution in [0.15, 0.2) is 24.3 Å². The molecule has 2 fully saturated rings. The van der Waals surface area contributed by atoms with Gasteiger partial charge >= 0.3 is 6.03 Å². The Kier molecular flexibility index (Phi) is 5.55. The molecule has 6 nitrogen and oxygen atoms in total. The summed E-state index contributed by atoms with van der Waals surface area (Å²) >= 11 is 0. The number of hydrogen-bond donors (Lipinski definition) is 1. The van der Waals surface area contributed by atoms with Crippen LogP contribution in [0.1, 0.15) is 43.7 Å². The Balaban J connectivity index is 1.40. The van der Waals surface area contributed by atoms with Crippen molar-refractivity contribution in [3.05, 3.63) is 29.8 Å². The molecule has 1 spiro atoms. The van der Waals surface area contributed by atoms with Crippen LogP contribution in [-0.2, 0) is 4.74 Å². The molecule has 2 heterocycles. The van der Waals surface area contributed by atoms with Crippen molar-refractivity contribution >= 4 is 6.03 Å². The van der Waals surface area contributed by atoms with Crippen molar-refractivity contribution in [3.63, 3.8) is 0 Å². The molecule has 1 aliphatic carbocycles. The third-order valence-corrected chi connectivity index (χ3v) is 6.28. The van der Waals surface area contributed by atoms with Gasteiger partial charge in [-0.25, -0.2) is 4.79 Å². The van der Waals surface area contributed by atoms with E-state index in [1.807, 2.05) is 23.1 Å². The van der Waals surface area contributed by atoms with Gasteiger partial charge < -0.3 is 19.7 Å². The molecule has 0 bridgehead atoms. The Bertz CT molecular complexity index is 652. The zero-order chi connectivity index (χ0) is 18.7. The van der Waals surface area contributed by atoms with Gasteiger partial charge in [0.05, 0.1) is 12.6 Å². The number of urea groups is 1. The first-order valence-corrected chi connectivity index (χ1v) is 10.2. The Labute approximate surface area is 161 Å². The van der Waals surface area contributed by atoms with E-state index in [0.29, 0.717) is 0 Å².